The summed E-state index contributed by atoms with van der Waals surface area (Å²) in [5.74, 6) is 1.41. The van der Waals surface area contributed by atoms with E-state index in [-0.39, 0.29) is 16.6 Å². The van der Waals surface area contributed by atoms with E-state index in [2.05, 4.69) is 51.7 Å². The van der Waals surface area contributed by atoms with Gasteiger partial charge in [0.2, 0.25) is 5.95 Å². The SMILES string of the molecule is O=c1[nH]c(NC(c2ccccc2)C2CC2c2ccccc2)ncc1Cl. The van der Waals surface area contributed by atoms with Crippen LogP contribution in [-0.2, 0) is 0 Å². The Morgan fingerprint density at radius 3 is 2.44 bits per heavy atom. The minimum absolute atomic E-state index is 0.0794. The summed E-state index contributed by atoms with van der Waals surface area (Å²) in [6.07, 6.45) is 2.49. The molecule has 126 valence electrons. The van der Waals surface area contributed by atoms with E-state index in [4.69, 9.17) is 11.6 Å². The number of halogens is 1. The van der Waals surface area contributed by atoms with Gasteiger partial charge < -0.3 is 5.32 Å². The lowest BCUT2D eigenvalue weighted by atomic mass is 9.99. The molecule has 2 aromatic carbocycles. The fourth-order valence-corrected chi connectivity index (χ4v) is 3.46. The molecule has 1 heterocycles. The van der Waals surface area contributed by atoms with Gasteiger partial charge in [0.1, 0.15) is 5.02 Å². The number of aromatic amines is 1. The fourth-order valence-electron chi connectivity index (χ4n) is 3.36. The van der Waals surface area contributed by atoms with Crippen LogP contribution in [0.25, 0.3) is 0 Å². The van der Waals surface area contributed by atoms with Crippen LogP contribution in [0.1, 0.15) is 29.5 Å². The zero-order valence-corrected chi connectivity index (χ0v) is 14.3. The van der Waals surface area contributed by atoms with E-state index in [0.717, 1.165) is 6.42 Å². The topological polar surface area (TPSA) is 57.8 Å². The summed E-state index contributed by atoms with van der Waals surface area (Å²) in [6, 6.07) is 20.9. The number of aromatic nitrogens is 2. The van der Waals surface area contributed by atoms with Crippen molar-refractivity contribution in [2.45, 2.75) is 18.4 Å². The third-order valence-electron chi connectivity index (χ3n) is 4.70. The van der Waals surface area contributed by atoms with Crippen LogP contribution in [0.2, 0.25) is 5.02 Å². The van der Waals surface area contributed by atoms with E-state index >= 15 is 0 Å². The lowest BCUT2D eigenvalue weighted by Gasteiger charge is -2.20. The fraction of sp³-hybridized carbons (Fsp3) is 0.200. The normalized spacial score (nSPS) is 20.0. The van der Waals surface area contributed by atoms with Crippen LogP contribution < -0.4 is 10.9 Å². The molecule has 25 heavy (non-hydrogen) atoms. The van der Waals surface area contributed by atoms with E-state index < -0.39 is 0 Å². The molecule has 1 aliphatic carbocycles. The molecule has 2 N–H and O–H groups in total. The standard InChI is InChI=1S/C20H18ClN3O/c21-17-12-22-20(24-19(17)25)23-18(14-9-5-2-6-10-14)16-11-15(16)13-7-3-1-4-8-13/h1-10,12,15-16,18H,11H2,(H2,22,23,24,25). The van der Waals surface area contributed by atoms with Gasteiger partial charge in [-0.3, -0.25) is 9.78 Å². The quantitative estimate of drug-likeness (QED) is 0.717. The van der Waals surface area contributed by atoms with E-state index in [1.807, 2.05) is 24.3 Å². The highest BCUT2D eigenvalue weighted by molar-refractivity contribution is 6.30. The average Bonchev–Trinajstić information content (AvgIpc) is 3.44. The largest absolute Gasteiger partial charge is 0.349 e. The lowest BCUT2D eigenvalue weighted by molar-refractivity contribution is 0.650. The van der Waals surface area contributed by atoms with E-state index in [9.17, 15) is 4.79 Å². The maximum Gasteiger partial charge on any atom is 0.271 e. The van der Waals surface area contributed by atoms with Gasteiger partial charge in [-0.15, -0.1) is 0 Å². The van der Waals surface area contributed by atoms with Crippen LogP contribution in [0.5, 0.6) is 0 Å². The van der Waals surface area contributed by atoms with E-state index in [0.29, 0.717) is 17.8 Å². The zero-order valence-electron chi connectivity index (χ0n) is 13.5. The van der Waals surface area contributed by atoms with Gasteiger partial charge in [0.15, 0.2) is 0 Å². The second-order valence-corrected chi connectivity index (χ2v) is 6.77. The highest BCUT2D eigenvalue weighted by atomic mass is 35.5. The Balaban J connectivity index is 1.62. The first-order valence-corrected chi connectivity index (χ1v) is 8.71. The van der Waals surface area contributed by atoms with Crippen LogP contribution in [0, 0.1) is 5.92 Å². The molecule has 0 saturated heterocycles. The van der Waals surface area contributed by atoms with Crippen LogP contribution >= 0.6 is 11.6 Å². The highest BCUT2D eigenvalue weighted by Crippen LogP contribution is 2.54. The predicted octanol–water partition coefficient (Wildman–Crippen LogP) is 4.38. The van der Waals surface area contributed by atoms with Crippen LogP contribution in [0.15, 0.2) is 71.7 Å². The Morgan fingerprint density at radius 1 is 1.08 bits per heavy atom. The summed E-state index contributed by atoms with van der Waals surface area (Å²) in [4.78, 5) is 18.7. The van der Waals surface area contributed by atoms with Gasteiger partial charge in [0.05, 0.1) is 12.2 Å². The van der Waals surface area contributed by atoms with Gasteiger partial charge in [-0.2, -0.15) is 0 Å². The first-order valence-electron chi connectivity index (χ1n) is 8.33. The van der Waals surface area contributed by atoms with Crippen molar-refractivity contribution in [3.8, 4) is 0 Å². The number of nitrogens with zero attached hydrogens (tertiary/aromatic N) is 1. The Hall–Kier alpha value is -2.59. The van der Waals surface area contributed by atoms with Crippen molar-refractivity contribution in [2.24, 2.45) is 5.92 Å². The Morgan fingerprint density at radius 2 is 1.76 bits per heavy atom. The minimum Gasteiger partial charge on any atom is -0.349 e. The molecule has 3 unspecified atom stereocenters. The van der Waals surface area contributed by atoms with Crippen molar-refractivity contribution in [1.82, 2.24) is 9.97 Å². The molecule has 3 aromatic rings. The second kappa shape index (κ2) is 6.73. The maximum atomic E-state index is 11.8. The summed E-state index contributed by atoms with van der Waals surface area (Å²) >= 11 is 5.78. The van der Waals surface area contributed by atoms with E-state index in [1.165, 1.54) is 17.3 Å². The molecule has 0 bridgehead atoms. The molecule has 4 rings (SSSR count). The van der Waals surface area contributed by atoms with Gasteiger partial charge in [0, 0.05) is 0 Å². The van der Waals surface area contributed by atoms with Gasteiger partial charge in [0.25, 0.3) is 5.56 Å². The van der Waals surface area contributed by atoms with Crippen molar-refractivity contribution < 1.29 is 0 Å². The van der Waals surface area contributed by atoms with Crippen molar-refractivity contribution >= 4 is 17.5 Å². The predicted molar refractivity (Wildman–Crippen MR) is 100.0 cm³/mol. The second-order valence-electron chi connectivity index (χ2n) is 6.36. The molecule has 3 atom stereocenters. The summed E-state index contributed by atoms with van der Waals surface area (Å²) in [5, 5.41) is 3.49. The van der Waals surface area contributed by atoms with Gasteiger partial charge in [-0.25, -0.2) is 4.98 Å². The Bertz CT molecular complexity index is 911. The summed E-state index contributed by atoms with van der Waals surface area (Å²) < 4.78 is 0. The van der Waals surface area contributed by atoms with Crippen molar-refractivity contribution in [3.05, 3.63) is 93.4 Å². The number of rotatable bonds is 5. The number of hydrogen-bond acceptors (Lipinski definition) is 3. The molecule has 0 aliphatic heterocycles. The molecule has 1 saturated carbocycles. The number of hydrogen-bond donors (Lipinski definition) is 2. The van der Waals surface area contributed by atoms with Gasteiger partial charge in [-0.05, 0) is 29.4 Å². The molecule has 1 fully saturated rings. The van der Waals surface area contributed by atoms with Crippen molar-refractivity contribution in [1.29, 1.82) is 0 Å². The Labute approximate surface area is 150 Å². The molecule has 0 amide bonds. The van der Waals surface area contributed by atoms with Gasteiger partial charge >= 0.3 is 0 Å². The molecule has 5 heteroatoms. The van der Waals surface area contributed by atoms with Crippen molar-refractivity contribution in [3.63, 3.8) is 0 Å². The van der Waals surface area contributed by atoms with Crippen molar-refractivity contribution in [2.75, 3.05) is 5.32 Å². The molecular formula is C20H18ClN3O. The molecular weight excluding hydrogens is 334 g/mol. The van der Waals surface area contributed by atoms with Crippen LogP contribution in [0.4, 0.5) is 5.95 Å². The number of nitrogens with one attached hydrogen (secondary N) is 2. The molecule has 4 nitrogen and oxygen atoms in total. The highest BCUT2D eigenvalue weighted by Gasteiger charge is 2.44. The molecule has 0 spiro atoms. The molecule has 1 aromatic heterocycles. The lowest BCUT2D eigenvalue weighted by Crippen LogP contribution is -2.19. The smallest absolute Gasteiger partial charge is 0.271 e. The third-order valence-corrected chi connectivity index (χ3v) is 4.97. The van der Waals surface area contributed by atoms with Crippen LogP contribution in [-0.4, -0.2) is 9.97 Å². The van der Waals surface area contributed by atoms with E-state index in [1.54, 1.807) is 0 Å². The maximum absolute atomic E-state index is 11.8. The third kappa shape index (κ3) is 3.44. The summed E-state index contributed by atoms with van der Waals surface area (Å²) in [6.45, 7) is 0. The average molecular weight is 352 g/mol. The molecule has 1 aliphatic rings. The first-order chi connectivity index (χ1) is 12.2. The monoisotopic (exact) mass is 351 g/mol. The number of anilines is 1. The molecule has 0 radical (unpaired) electrons. The Kier molecular flexibility index (Phi) is 4.28. The minimum atomic E-state index is -0.332. The van der Waals surface area contributed by atoms with Gasteiger partial charge in [-0.1, -0.05) is 72.3 Å². The zero-order chi connectivity index (χ0) is 17.2. The summed E-state index contributed by atoms with van der Waals surface area (Å²) in [7, 11) is 0. The number of H-pyrrole nitrogens is 1. The van der Waals surface area contributed by atoms with Crippen LogP contribution in [0.3, 0.4) is 0 Å². The number of benzene rings is 2. The summed E-state index contributed by atoms with van der Waals surface area (Å²) in [5.41, 5.74) is 2.21. The first kappa shape index (κ1) is 15.9.